The summed E-state index contributed by atoms with van der Waals surface area (Å²) in [7, 11) is 0. The number of halogens is 3. The van der Waals surface area contributed by atoms with Gasteiger partial charge >= 0.3 is 0 Å². The summed E-state index contributed by atoms with van der Waals surface area (Å²) in [6.07, 6.45) is 3.46. The van der Waals surface area contributed by atoms with Crippen LogP contribution in [0.5, 0.6) is 0 Å². The number of nitrogens with one attached hydrogen (secondary N) is 1. The zero-order valence-corrected chi connectivity index (χ0v) is 18.8. The second-order valence-corrected chi connectivity index (χ2v) is 9.62. The molecule has 33 heavy (non-hydrogen) atoms. The van der Waals surface area contributed by atoms with E-state index >= 15 is 0 Å². The number of aromatic nitrogens is 3. The maximum Gasteiger partial charge on any atom is 0.248 e. The third-order valence-electron chi connectivity index (χ3n) is 6.87. The Kier molecular flexibility index (Phi) is 6.03. The second kappa shape index (κ2) is 8.97. The number of nitrogens with zero attached hydrogens (tertiary/aromatic N) is 3. The molecule has 2 aromatic heterocycles. The predicted molar refractivity (Wildman–Crippen MR) is 121 cm³/mol. The minimum Gasteiger partial charge on any atom is -0.425 e. The van der Waals surface area contributed by atoms with Crippen LogP contribution in [0.3, 0.4) is 0 Å². The molecular formula is C24H25ClF2N4O2. The van der Waals surface area contributed by atoms with E-state index in [0.717, 1.165) is 23.7 Å². The highest BCUT2D eigenvalue weighted by Gasteiger charge is 2.38. The van der Waals surface area contributed by atoms with Crippen molar-refractivity contribution in [3.05, 3.63) is 47.1 Å². The number of hydrogen-bond donors (Lipinski definition) is 1. The van der Waals surface area contributed by atoms with Gasteiger partial charge in [0.05, 0.1) is 5.52 Å². The van der Waals surface area contributed by atoms with Crippen molar-refractivity contribution in [3.8, 4) is 0 Å². The Hall–Kier alpha value is -2.61. The van der Waals surface area contributed by atoms with E-state index in [0.29, 0.717) is 48.3 Å². The minimum absolute atomic E-state index is 0.0383. The van der Waals surface area contributed by atoms with Crippen molar-refractivity contribution in [2.75, 3.05) is 5.32 Å². The summed E-state index contributed by atoms with van der Waals surface area (Å²) in [5.74, 6) is -1.14. The molecule has 1 amide bonds. The molecule has 1 N–H and O–H groups in total. The zero-order valence-electron chi connectivity index (χ0n) is 18.1. The summed E-state index contributed by atoms with van der Waals surface area (Å²) >= 11 is 6.01. The first kappa shape index (κ1) is 22.2. The van der Waals surface area contributed by atoms with E-state index in [1.165, 1.54) is 0 Å². The van der Waals surface area contributed by atoms with Crippen molar-refractivity contribution in [1.82, 2.24) is 15.2 Å². The summed E-state index contributed by atoms with van der Waals surface area (Å²) in [4.78, 5) is 17.3. The van der Waals surface area contributed by atoms with E-state index in [9.17, 15) is 13.6 Å². The lowest BCUT2D eigenvalue weighted by Crippen LogP contribution is -2.27. The van der Waals surface area contributed by atoms with Gasteiger partial charge in [-0.2, -0.15) is 0 Å². The Bertz CT molecular complexity index is 1150. The highest BCUT2D eigenvalue weighted by Crippen LogP contribution is 2.42. The Morgan fingerprint density at radius 2 is 1.64 bits per heavy atom. The van der Waals surface area contributed by atoms with Gasteiger partial charge in [-0.25, -0.2) is 13.8 Å². The van der Waals surface area contributed by atoms with E-state index in [-0.39, 0.29) is 36.5 Å². The standard InChI is InChI=1S/C24H25ClF2N4O2/c25-18-6-7-19-17(13-18)5-8-20(28-19)29-21(32)14-1-3-15(4-2-14)22-30-31-23(33-22)16-9-11-24(26,27)12-10-16/h5-8,13-16H,1-4,9-12H2,(H,28,29,32)/t14-,15-. The molecule has 2 aliphatic rings. The van der Waals surface area contributed by atoms with Gasteiger partial charge in [-0.1, -0.05) is 11.6 Å². The number of fused-ring (bicyclic) bond motifs is 1. The SMILES string of the molecule is O=C(Nc1ccc2cc(Cl)ccc2n1)[C@H]1CC[C@H](c2nnc(C3CCC(F)(F)CC3)o2)CC1. The van der Waals surface area contributed by atoms with Gasteiger partial charge in [0.1, 0.15) is 5.82 Å². The highest BCUT2D eigenvalue weighted by atomic mass is 35.5. The van der Waals surface area contributed by atoms with Crippen molar-refractivity contribution in [2.24, 2.45) is 5.92 Å². The third kappa shape index (κ3) is 5.00. The number of anilines is 1. The van der Waals surface area contributed by atoms with Crippen molar-refractivity contribution >= 4 is 34.2 Å². The molecule has 0 spiro atoms. The van der Waals surface area contributed by atoms with Gasteiger partial charge < -0.3 is 9.73 Å². The molecule has 0 saturated heterocycles. The molecule has 9 heteroatoms. The molecule has 3 aromatic rings. The first-order valence-electron chi connectivity index (χ1n) is 11.4. The molecular weight excluding hydrogens is 450 g/mol. The van der Waals surface area contributed by atoms with Gasteiger partial charge in [-0.15, -0.1) is 10.2 Å². The van der Waals surface area contributed by atoms with Crippen LogP contribution in [0.4, 0.5) is 14.6 Å². The lowest BCUT2D eigenvalue weighted by molar-refractivity contribution is -0.120. The first-order valence-corrected chi connectivity index (χ1v) is 11.8. The van der Waals surface area contributed by atoms with Crippen LogP contribution in [0.1, 0.15) is 75.0 Å². The molecule has 0 atom stereocenters. The number of hydrogen-bond acceptors (Lipinski definition) is 5. The van der Waals surface area contributed by atoms with Crippen molar-refractivity contribution in [3.63, 3.8) is 0 Å². The van der Waals surface area contributed by atoms with E-state index in [2.05, 4.69) is 20.5 Å². The summed E-state index contributed by atoms with van der Waals surface area (Å²) in [5.41, 5.74) is 0.773. The quantitative estimate of drug-likeness (QED) is 0.468. The molecule has 0 aliphatic heterocycles. The van der Waals surface area contributed by atoms with Crippen LogP contribution in [0.25, 0.3) is 10.9 Å². The molecule has 1 aromatic carbocycles. The van der Waals surface area contributed by atoms with Gasteiger partial charge in [0.25, 0.3) is 0 Å². The van der Waals surface area contributed by atoms with Crippen LogP contribution in [-0.4, -0.2) is 27.0 Å². The number of alkyl halides is 2. The van der Waals surface area contributed by atoms with Crippen LogP contribution < -0.4 is 5.32 Å². The summed E-state index contributed by atoms with van der Waals surface area (Å²) in [5, 5.41) is 12.8. The highest BCUT2D eigenvalue weighted by molar-refractivity contribution is 6.31. The largest absolute Gasteiger partial charge is 0.425 e. The molecule has 0 bridgehead atoms. The predicted octanol–water partition coefficient (Wildman–Crippen LogP) is 6.48. The average Bonchev–Trinajstić information content (AvgIpc) is 3.29. The third-order valence-corrected chi connectivity index (χ3v) is 7.11. The minimum atomic E-state index is -2.58. The summed E-state index contributed by atoms with van der Waals surface area (Å²) < 4.78 is 32.7. The summed E-state index contributed by atoms with van der Waals surface area (Å²) in [6, 6.07) is 9.11. The number of carbonyl (C=O) groups excluding carboxylic acids is 1. The molecule has 2 saturated carbocycles. The van der Waals surface area contributed by atoms with Crippen molar-refractivity contribution in [2.45, 2.75) is 69.1 Å². The molecule has 6 nitrogen and oxygen atoms in total. The Balaban J connectivity index is 1.15. The normalized spacial score (nSPS) is 23.5. The Labute approximate surface area is 195 Å². The molecule has 0 radical (unpaired) electrons. The molecule has 0 unspecified atom stereocenters. The van der Waals surface area contributed by atoms with E-state index in [4.69, 9.17) is 16.0 Å². The van der Waals surface area contributed by atoms with Crippen LogP contribution in [-0.2, 0) is 4.79 Å². The monoisotopic (exact) mass is 474 g/mol. The van der Waals surface area contributed by atoms with Gasteiger partial charge in [-0.3, -0.25) is 4.79 Å². The van der Waals surface area contributed by atoms with Gasteiger partial charge in [0.2, 0.25) is 23.6 Å². The number of pyridine rings is 1. The van der Waals surface area contributed by atoms with Crippen molar-refractivity contribution in [1.29, 1.82) is 0 Å². The molecule has 2 fully saturated rings. The first-order chi connectivity index (χ1) is 15.9. The van der Waals surface area contributed by atoms with E-state index < -0.39 is 5.92 Å². The van der Waals surface area contributed by atoms with Gasteiger partial charge in [-0.05, 0) is 68.9 Å². The fourth-order valence-electron chi connectivity index (χ4n) is 4.86. The molecule has 2 heterocycles. The molecule has 5 rings (SSSR count). The number of benzene rings is 1. The molecule has 2 aliphatic carbocycles. The van der Waals surface area contributed by atoms with Crippen LogP contribution in [0.2, 0.25) is 5.02 Å². The van der Waals surface area contributed by atoms with Gasteiger partial charge in [0.15, 0.2) is 0 Å². The zero-order chi connectivity index (χ0) is 23.0. The fourth-order valence-corrected chi connectivity index (χ4v) is 5.04. The second-order valence-electron chi connectivity index (χ2n) is 9.18. The lowest BCUT2D eigenvalue weighted by Gasteiger charge is -2.26. The Morgan fingerprint density at radius 1 is 0.970 bits per heavy atom. The summed E-state index contributed by atoms with van der Waals surface area (Å²) in [6.45, 7) is 0. The lowest BCUT2D eigenvalue weighted by atomic mass is 9.81. The van der Waals surface area contributed by atoms with Crippen LogP contribution >= 0.6 is 11.6 Å². The number of amides is 1. The number of carbonyl (C=O) groups is 1. The average molecular weight is 475 g/mol. The van der Waals surface area contributed by atoms with E-state index in [1.807, 2.05) is 18.2 Å². The maximum atomic E-state index is 13.4. The number of rotatable bonds is 4. The Morgan fingerprint density at radius 3 is 2.33 bits per heavy atom. The van der Waals surface area contributed by atoms with E-state index in [1.54, 1.807) is 12.1 Å². The van der Waals surface area contributed by atoms with Gasteiger partial charge in [0, 0.05) is 41.0 Å². The molecule has 174 valence electrons. The van der Waals surface area contributed by atoms with Crippen LogP contribution in [0.15, 0.2) is 34.7 Å². The van der Waals surface area contributed by atoms with Crippen molar-refractivity contribution < 1.29 is 18.0 Å². The van der Waals surface area contributed by atoms with Crippen LogP contribution in [0, 0.1) is 5.92 Å². The smallest absolute Gasteiger partial charge is 0.248 e. The topological polar surface area (TPSA) is 80.9 Å². The maximum absolute atomic E-state index is 13.4. The fraction of sp³-hybridized carbons (Fsp3) is 0.500.